The Morgan fingerprint density at radius 2 is 1.62 bits per heavy atom. The van der Waals surface area contributed by atoms with Crippen LogP contribution >= 0.6 is 0 Å². The van der Waals surface area contributed by atoms with Gasteiger partial charge in [-0.25, -0.2) is 4.79 Å². The second kappa shape index (κ2) is 7.24. The van der Waals surface area contributed by atoms with Gasteiger partial charge in [-0.1, -0.05) is 48.5 Å². The van der Waals surface area contributed by atoms with Crippen LogP contribution in [-0.4, -0.2) is 17.0 Å². The maximum absolute atomic E-state index is 11.7. The van der Waals surface area contributed by atoms with Crippen LogP contribution in [0.2, 0.25) is 0 Å². The minimum Gasteiger partial charge on any atom is -0.478 e. The van der Waals surface area contributed by atoms with Crippen molar-refractivity contribution in [3.05, 3.63) is 71.3 Å². The van der Waals surface area contributed by atoms with Crippen LogP contribution in [0.4, 0.5) is 0 Å². The molecular weight excluding hydrogens is 268 g/mol. The summed E-state index contributed by atoms with van der Waals surface area (Å²) in [5, 5.41) is 9.07. The molecule has 0 aliphatic carbocycles. The molecule has 0 amide bonds. The average Bonchev–Trinajstić information content (AvgIpc) is 2.52. The number of rotatable bonds is 6. The molecule has 0 atom stereocenters. The van der Waals surface area contributed by atoms with E-state index in [1.165, 1.54) is 6.07 Å². The Kier molecular flexibility index (Phi) is 5.10. The first-order valence-corrected chi connectivity index (χ1v) is 6.67. The van der Waals surface area contributed by atoms with Crippen LogP contribution in [0.3, 0.4) is 0 Å². The second-order valence-corrected chi connectivity index (χ2v) is 4.61. The third kappa shape index (κ3) is 4.45. The molecular formula is C17H16O4. The summed E-state index contributed by atoms with van der Waals surface area (Å²) in [5.74, 6) is -1.32. The lowest BCUT2D eigenvalue weighted by Crippen LogP contribution is -2.08. The topological polar surface area (TPSA) is 63.6 Å². The van der Waals surface area contributed by atoms with Gasteiger partial charge in [-0.05, 0) is 23.6 Å². The summed E-state index contributed by atoms with van der Waals surface area (Å²) in [4.78, 5) is 22.8. The maximum Gasteiger partial charge on any atom is 0.335 e. The molecule has 0 radical (unpaired) electrons. The van der Waals surface area contributed by atoms with Crippen molar-refractivity contribution in [1.29, 1.82) is 0 Å². The molecule has 0 aliphatic rings. The van der Waals surface area contributed by atoms with Crippen molar-refractivity contribution in [3.8, 4) is 0 Å². The molecule has 0 saturated carbocycles. The molecule has 0 spiro atoms. The van der Waals surface area contributed by atoms with Crippen LogP contribution < -0.4 is 0 Å². The number of carboxylic acids is 1. The lowest BCUT2D eigenvalue weighted by Gasteiger charge is -2.07. The van der Waals surface area contributed by atoms with E-state index < -0.39 is 5.97 Å². The molecule has 0 heterocycles. The first-order valence-electron chi connectivity index (χ1n) is 6.67. The van der Waals surface area contributed by atoms with Crippen LogP contribution in [0.1, 0.15) is 27.9 Å². The zero-order valence-electron chi connectivity index (χ0n) is 11.5. The highest BCUT2D eigenvalue weighted by molar-refractivity contribution is 5.89. The van der Waals surface area contributed by atoms with Gasteiger partial charge in [0, 0.05) is 6.42 Å². The lowest BCUT2D eigenvalue weighted by molar-refractivity contribution is -0.144. The van der Waals surface area contributed by atoms with Gasteiger partial charge in [0.1, 0.15) is 6.61 Å². The highest BCUT2D eigenvalue weighted by Crippen LogP contribution is 2.12. The van der Waals surface area contributed by atoms with Crippen molar-refractivity contribution >= 4 is 11.9 Å². The van der Waals surface area contributed by atoms with E-state index in [1.807, 2.05) is 30.3 Å². The maximum atomic E-state index is 11.7. The van der Waals surface area contributed by atoms with Crippen molar-refractivity contribution < 1.29 is 19.4 Å². The van der Waals surface area contributed by atoms with Crippen molar-refractivity contribution in [3.63, 3.8) is 0 Å². The zero-order chi connectivity index (χ0) is 15.1. The number of carboxylic acid groups (broad SMARTS) is 1. The van der Waals surface area contributed by atoms with E-state index in [2.05, 4.69) is 0 Å². The molecule has 4 heteroatoms. The summed E-state index contributed by atoms with van der Waals surface area (Å²) in [6.07, 6.45) is 0.521. The van der Waals surface area contributed by atoms with Gasteiger partial charge in [0.05, 0.1) is 5.56 Å². The Hall–Kier alpha value is -2.62. The minimum absolute atomic E-state index is 0.164. The van der Waals surface area contributed by atoms with E-state index in [-0.39, 0.29) is 24.6 Å². The molecule has 0 saturated heterocycles. The molecule has 2 aromatic carbocycles. The third-order valence-corrected chi connectivity index (χ3v) is 3.09. The normalized spacial score (nSPS) is 10.1. The second-order valence-electron chi connectivity index (χ2n) is 4.61. The van der Waals surface area contributed by atoms with Gasteiger partial charge in [0.15, 0.2) is 0 Å². The van der Waals surface area contributed by atoms with Crippen LogP contribution in [0.25, 0.3) is 0 Å². The summed E-state index contributed by atoms with van der Waals surface area (Å²) in [5.41, 5.74) is 1.80. The van der Waals surface area contributed by atoms with Gasteiger partial charge < -0.3 is 9.84 Å². The predicted octanol–water partition coefficient (Wildman–Crippen LogP) is 3.06. The van der Waals surface area contributed by atoms with Crippen molar-refractivity contribution in [2.75, 3.05) is 0 Å². The Morgan fingerprint density at radius 3 is 2.33 bits per heavy atom. The molecule has 0 fully saturated rings. The number of carbonyl (C=O) groups is 2. The monoisotopic (exact) mass is 284 g/mol. The van der Waals surface area contributed by atoms with Crippen molar-refractivity contribution in [2.45, 2.75) is 19.4 Å². The van der Waals surface area contributed by atoms with Gasteiger partial charge in [0.2, 0.25) is 0 Å². The highest BCUT2D eigenvalue weighted by Gasteiger charge is 2.11. The molecule has 0 unspecified atom stereocenters. The van der Waals surface area contributed by atoms with E-state index in [4.69, 9.17) is 9.84 Å². The SMILES string of the molecule is O=C(CCc1ccccc1C(=O)O)OCc1ccccc1. The fourth-order valence-electron chi connectivity index (χ4n) is 1.99. The fraction of sp³-hybridized carbons (Fsp3) is 0.176. The quantitative estimate of drug-likeness (QED) is 0.828. The smallest absolute Gasteiger partial charge is 0.335 e. The number of hydrogen-bond acceptors (Lipinski definition) is 3. The van der Waals surface area contributed by atoms with Crippen LogP contribution in [-0.2, 0) is 22.6 Å². The molecule has 0 aromatic heterocycles. The number of benzene rings is 2. The standard InChI is InChI=1S/C17H16O4/c18-16(21-12-13-6-2-1-3-7-13)11-10-14-8-4-5-9-15(14)17(19)20/h1-9H,10-12H2,(H,19,20). The van der Waals surface area contributed by atoms with Gasteiger partial charge in [-0.2, -0.15) is 0 Å². The summed E-state index contributed by atoms with van der Waals surface area (Å²) >= 11 is 0. The Labute approximate surface area is 123 Å². The van der Waals surface area contributed by atoms with E-state index in [0.29, 0.717) is 12.0 Å². The molecule has 0 bridgehead atoms. The number of aromatic carboxylic acids is 1. The molecule has 4 nitrogen and oxygen atoms in total. The summed E-state index contributed by atoms with van der Waals surface area (Å²) in [6, 6.07) is 16.1. The van der Waals surface area contributed by atoms with Gasteiger partial charge in [-0.3, -0.25) is 4.79 Å². The van der Waals surface area contributed by atoms with Gasteiger partial charge in [-0.15, -0.1) is 0 Å². The molecule has 108 valence electrons. The number of aryl methyl sites for hydroxylation is 1. The molecule has 0 aliphatic heterocycles. The minimum atomic E-state index is -0.983. The molecule has 2 rings (SSSR count). The number of carbonyl (C=O) groups excluding carboxylic acids is 1. The summed E-state index contributed by atoms with van der Waals surface area (Å²) in [6.45, 7) is 0.236. The van der Waals surface area contributed by atoms with E-state index in [1.54, 1.807) is 18.2 Å². The Bertz CT molecular complexity index is 620. The Morgan fingerprint density at radius 1 is 0.952 bits per heavy atom. The first-order chi connectivity index (χ1) is 10.2. The average molecular weight is 284 g/mol. The van der Waals surface area contributed by atoms with Crippen molar-refractivity contribution in [1.82, 2.24) is 0 Å². The highest BCUT2D eigenvalue weighted by atomic mass is 16.5. The number of hydrogen-bond donors (Lipinski definition) is 1. The van der Waals surface area contributed by atoms with Crippen LogP contribution in [0, 0.1) is 0 Å². The zero-order valence-corrected chi connectivity index (χ0v) is 11.5. The van der Waals surface area contributed by atoms with Crippen LogP contribution in [0.5, 0.6) is 0 Å². The largest absolute Gasteiger partial charge is 0.478 e. The molecule has 1 N–H and O–H groups in total. The van der Waals surface area contributed by atoms with E-state index in [0.717, 1.165) is 5.56 Å². The summed E-state index contributed by atoms with van der Waals surface area (Å²) < 4.78 is 5.16. The van der Waals surface area contributed by atoms with Gasteiger partial charge >= 0.3 is 11.9 Å². The van der Waals surface area contributed by atoms with E-state index >= 15 is 0 Å². The van der Waals surface area contributed by atoms with Crippen LogP contribution in [0.15, 0.2) is 54.6 Å². The lowest BCUT2D eigenvalue weighted by atomic mass is 10.0. The van der Waals surface area contributed by atoms with E-state index in [9.17, 15) is 9.59 Å². The van der Waals surface area contributed by atoms with Crippen molar-refractivity contribution in [2.24, 2.45) is 0 Å². The summed E-state index contributed by atoms with van der Waals surface area (Å²) in [7, 11) is 0. The molecule has 2 aromatic rings. The predicted molar refractivity (Wildman–Crippen MR) is 78.0 cm³/mol. The fourth-order valence-corrected chi connectivity index (χ4v) is 1.99. The van der Waals surface area contributed by atoms with Gasteiger partial charge in [0.25, 0.3) is 0 Å². The Balaban J connectivity index is 1.86. The number of ether oxygens (including phenoxy) is 1. The first kappa shape index (κ1) is 14.8. The molecule has 21 heavy (non-hydrogen) atoms. The third-order valence-electron chi connectivity index (χ3n) is 3.09. The number of esters is 1.